The first-order chi connectivity index (χ1) is 14.0. The molecule has 0 fully saturated rings. The molecule has 29 heavy (non-hydrogen) atoms. The van der Waals surface area contributed by atoms with Crippen molar-refractivity contribution >= 4 is 23.5 Å². The van der Waals surface area contributed by atoms with Gasteiger partial charge in [-0.15, -0.1) is 0 Å². The third-order valence-corrected chi connectivity index (χ3v) is 5.43. The first-order valence-corrected chi connectivity index (χ1v) is 9.46. The van der Waals surface area contributed by atoms with Crippen LogP contribution in [0.4, 0.5) is 4.39 Å². The average molecular weight is 410 g/mol. The van der Waals surface area contributed by atoms with Gasteiger partial charge in [-0.25, -0.2) is 4.39 Å². The van der Waals surface area contributed by atoms with E-state index in [0.29, 0.717) is 27.3 Å². The van der Waals surface area contributed by atoms with Crippen molar-refractivity contribution < 1.29 is 19.1 Å². The largest absolute Gasteiger partial charge is 0.481 e. The Morgan fingerprint density at radius 3 is 2.31 bits per heavy atom. The number of aliphatic carboxylic acids is 1. The number of halogens is 2. The van der Waals surface area contributed by atoms with E-state index in [4.69, 9.17) is 11.6 Å². The molecule has 0 saturated heterocycles. The number of fused-ring (bicyclic) bond motifs is 1. The van der Waals surface area contributed by atoms with Crippen molar-refractivity contribution in [3.8, 4) is 0 Å². The summed E-state index contributed by atoms with van der Waals surface area (Å²) in [6, 6.07) is 18.7. The van der Waals surface area contributed by atoms with Crippen molar-refractivity contribution in [3.05, 3.63) is 106 Å². The van der Waals surface area contributed by atoms with E-state index in [1.807, 2.05) is 0 Å². The molecular formula is C23H17ClFNO3. The summed E-state index contributed by atoms with van der Waals surface area (Å²) in [4.78, 5) is 27.2. The lowest BCUT2D eigenvalue weighted by atomic mass is 9.79. The van der Waals surface area contributed by atoms with Crippen LogP contribution in [0.3, 0.4) is 0 Å². The second-order valence-corrected chi connectivity index (χ2v) is 7.40. The maximum atomic E-state index is 13.3. The van der Waals surface area contributed by atoms with E-state index in [1.54, 1.807) is 60.7 Å². The van der Waals surface area contributed by atoms with E-state index >= 15 is 0 Å². The van der Waals surface area contributed by atoms with Crippen LogP contribution >= 0.6 is 11.6 Å². The van der Waals surface area contributed by atoms with Crippen LogP contribution in [0.1, 0.15) is 39.0 Å². The maximum Gasteiger partial charge on any atom is 0.313 e. The minimum Gasteiger partial charge on any atom is -0.481 e. The van der Waals surface area contributed by atoms with Crippen LogP contribution < -0.4 is 0 Å². The molecule has 0 aromatic heterocycles. The molecule has 0 bridgehead atoms. The highest BCUT2D eigenvalue weighted by Crippen LogP contribution is 2.43. The molecule has 1 aliphatic heterocycles. The van der Waals surface area contributed by atoms with Gasteiger partial charge in [0.1, 0.15) is 11.7 Å². The Balaban J connectivity index is 1.87. The van der Waals surface area contributed by atoms with Crippen molar-refractivity contribution in [2.45, 2.75) is 18.5 Å². The number of benzene rings is 3. The molecule has 4 rings (SSSR count). The Morgan fingerprint density at radius 1 is 1.00 bits per heavy atom. The third-order valence-electron chi connectivity index (χ3n) is 5.18. The highest BCUT2D eigenvalue weighted by molar-refractivity contribution is 6.30. The van der Waals surface area contributed by atoms with Crippen molar-refractivity contribution in [2.75, 3.05) is 0 Å². The fraction of sp³-hybridized carbons (Fsp3) is 0.130. The lowest BCUT2D eigenvalue weighted by Crippen LogP contribution is -2.44. The van der Waals surface area contributed by atoms with Crippen molar-refractivity contribution in [1.29, 1.82) is 0 Å². The number of nitrogens with zero attached hydrogens (tertiary/aromatic N) is 1. The van der Waals surface area contributed by atoms with Gasteiger partial charge in [-0.3, -0.25) is 9.59 Å². The first kappa shape index (κ1) is 19.2. The van der Waals surface area contributed by atoms with Crippen LogP contribution in [0.15, 0.2) is 72.8 Å². The molecule has 1 amide bonds. The second kappa shape index (κ2) is 7.68. The van der Waals surface area contributed by atoms with E-state index in [1.165, 1.54) is 17.0 Å². The maximum absolute atomic E-state index is 13.3. The van der Waals surface area contributed by atoms with Gasteiger partial charge < -0.3 is 10.0 Å². The van der Waals surface area contributed by atoms with Gasteiger partial charge in [0.05, 0.1) is 6.04 Å². The molecule has 1 heterocycles. The van der Waals surface area contributed by atoms with Crippen LogP contribution in [0.2, 0.25) is 5.02 Å². The zero-order valence-electron chi connectivity index (χ0n) is 15.3. The molecule has 0 aliphatic carbocycles. The van der Waals surface area contributed by atoms with Crippen LogP contribution in [0.5, 0.6) is 0 Å². The average Bonchev–Trinajstić information content (AvgIpc) is 2.72. The molecule has 4 nitrogen and oxygen atoms in total. The lowest BCUT2D eigenvalue weighted by molar-refractivity contribution is -0.140. The normalized spacial score (nSPS) is 18.4. The molecule has 1 aliphatic rings. The molecule has 0 saturated carbocycles. The van der Waals surface area contributed by atoms with Crippen LogP contribution in [0, 0.1) is 5.82 Å². The molecule has 3 aromatic carbocycles. The number of carbonyl (C=O) groups is 2. The van der Waals surface area contributed by atoms with Crippen LogP contribution in [0.25, 0.3) is 0 Å². The summed E-state index contributed by atoms with van der Waals surface area (Å²) in [5, 5.41) is 10.6. The van der Waals surface area contributed by atoms with E-state index in [0.717, 1.165) is 0 Å². The number of hydrogen-bond acceptors (Lipinski definition) is 2. The molecule has 0 spiro atoms. The van der Waals surface area contributed by atoms with Crippen molar-refractivity contribution in [3.63, 3.8) is 0 Å². The molecule has 6 heteroatoms. The number of hydrogen-bond donors (Lipinski definition) is 1. The second-order valence-electron chi connectivity index (χ2n) is 6.96. The molecule has 1 N–H and O–H groups in total. The summed E-state index contributed by atoms with van der Waals surface area (Å²) in [5.41, 5.74) is 2.24. The van der Waals surface area contributed by atoms with Gasteiger partial charge in [0.25, 0.3) is 5.91 Å². The summed E-state index contributed by atoms with van der Waals surface area (Å²) in [6.07, 6.45) is 0. The smallest absolute Gasteiger partial charge is 0.313 e. The fourth-order valence-corrected chi connectivity index (χ4v) is 3.98. The van der Waals surface area contributed by atoms with E-state index in [-0.39, 0.29) is 18.3 Å². The number of rotatable bonds is 4. The van der Waals surface area contributed by atoms with Crippen LogP contribution in [-0.4, -0.2) is 21.9 Å². The van der Waals surface area contributed by atoms with E-state index < -0.39 is 17.9 Å². The minimum absolute atomic E-state index is 0.157. The minimum atomic E-state index is -1.02. The van der Waals surface area contributed by atoms with E-state index in [9.17, 15) is 19.1 Å². The lowest BCUT2D eigenvalue weighted by Gasteiger charge is -2.41. The third kappa shape index (κ3) is 3.61. The fourth-order valence-electron chi connectivity index (χ4n) is 3.85. The highest BCUT2D eigenvalue weighted by Gasteiger charge is 2.44. The Kier molecular flexibility index (Phi) is 5.07. The zero-order chi connectivity index (χ0) is 20.5. The van der Waals surface area contributed by atoms with Crippen molar-refractivity contribution in [1.82, 2.24) is 4.90 Å². The van der Waals surface area contributed by atoms with Gasteiger partial charge in [-0.1, -0.05) is 54.1 Å². The molecule has 0 radical (unpaired) electrons. The number of carboxylic acid groups (broad SMARTS) is 1. The molecule has 146 valence electrons. The van der Waals surface area contributed by atoms with Gasteiger partial charge in [0, 0.05) is 17.1 Å². The number of amides is 1. The zero-order valence-corrected chi connectivity index (χ0v) is 16.0. The predicted molar refractivity (Wildman–Crippen MR) is 107 cm³/mol. The Morgan fingerprint density at radius 2 is 1.66 bits per heavy atom. The van der Waals surface area contributed by atoms with Gasteiger partial charge in [-0.2, -0.15) is 0 Å². The summed E-state index contributed by atoms with van der Waals surface area (Å²) in [5.74, 6) is -2.59. The van der Waals surface area contributed by atoms with Crippen molar-refractivity contribution in [2.24, 2.45) is 0 Å². The molecular weight excluding hydrogens is 393 g/mol. The van der Waals surface area contributed by atoms with Gasteiger partial charge >= 0.3 is 5.97 Å². The summed E-state index contributed by atoms with van der Waals surface area (Å²) >= 11 is 6.01. The van der Waals surface area contributed by atoms with Gasteiger partial charge in [0.15, 0.2) is 0 Å². The topological polar surface area (TPSA) is 57.6 Å². The standard InChI is InChI=1S/C23H17ClFNO3/c24-16-9-7-15(8-10-16)21-20(23(28)29)18-3-1-2-4-19(18)22(27)26(21)13-14-5-11-17(25)12-6-14/h1-12,20-21H,13H2,(H,28,29)/t20-,21-/m0/s1. The highest BCUT2D eigenvalue weighted by atomic mass is 35.5. The van der Waals surface area contributed by atoms with Gasteiger partial charge in [-0.05, 0) is 47.0 Å². The number of carboxylic acids is 1. The SMILES string of the molecule is O=C(O)[C@H]1c2ccccc2C(=O)N(Cc2ccc(F)cc2)[C@H]1c1ccc(Cl)cc1. The van der Waals surface area contributed by atoms with Crippen LogP contribution in [-0.2, 0) is 11.3 Å². The summed E-state index contributed by atoms with van der Waals surface area (Å²) < 4.78 is 13.3. The quantitative estimate of drug-likeness (QED) is 0.656. The number of carbonyl (C=O) groups excluding carboxylic acids is 1. The molecule has 2 atom stereocenters. The Labute approximate surface area is 172 Å². The predicted octanol–water partition coefficient (Wildman–Crippen LogP) is 5.04. The summed E-state index contributed by atoms with van der Waals surface area (Å²) in [7, 11) is 0. The van der Waals surface area contributed by atoms with Gasteiger partial charge in [0.2, 0.25) is 0 Å². The Hall–Kier alpha value is -3.18. The first-order valence-electron chi connectivity index (χ1n) is 9.08. The molecule has 0 unspecified atom stereocenters. The molecule has 3 aromatic rings. The Bertz CT molecular complexity index is 1070. The summed E-state index contributed by atoms with van der Waals surface area (Å²) in [6.45, 7) is 0.157. The van der Waals surface area contributed by atoms with E-state index in [2.05, 4.69) is 0 Å². The monoisotopic (exact) mass is 409 g/mol.